The van der Waals surface area contributed by atoms with Gasteiger partial charge in [-0.25, -0.2) is 4.79 Å². The molecule has 0 bridgehead atoms. The molecule has 0 saturated heterocycles. The molecule has 0 amide bonds. The van der Waals surface area contributed by atoms with Gasteiger partial charge in [0.25, 0.3) is 0 Å². The van der Waals surface area contributed by atoms with Gasteiger partial charge in [0.05, 0.1) is 11.8 Å². The van der Waals surface area contributed by atoms with E-state index in [0.717, 1.165) is 11.1 Å². The highest BCUT2D eigenvalue weighted by atomic mass is 19.4. The summed E-state index contributed by atoms with van der Waals surface area (Å²) in [5.74, 6) is -0.499. The van der Waals surface area contributed by atoms with E-state index in [4.69, 9.17) is 9.73 Å². The van der Waals surface area contributed by atoms with Gasteiger partial charge in [-0.1, -0.05) is 74.0 Å². The Labute approximate surface area is 176 Å². The minimum absolute atomic E-state index is 0.0435. The van der Waals surface area contributed by atoms with Gasteiger partial charge in [-0.2, -0.15) is 13.2 Å². The maximum absolute atomic E-state index is 12.8. The Morgan fingerprint density at radius 2 is 1.50 bits per heavy atom. The molecule has 30 heavy (non-hydrogen) atoms. The Bertz CT molecular complexity index is 763. The summed E-state index contributed by atoms with van der Waals surface area (Å²) in [6.07, 6.45) is -4.29. The maximum Gasteiger partial charge on any atom is 0.389 e. The Kier molecular flexibility index (Phi) is 9.09. The van der Waals surface area contributed by atoms with Crippen LogP contribution in [0.2, 0.25) is 0 Å². The minimum atomic E-state index is -4.20. The lowest BCUT2D eigenvalue weighted by molar-refractivity contribution is -0.150. The highest BCUT2D eigenvalue weighted by Crippen LogP contribution is 2.24. The topological polar surface area (TPSA) is 38.7 Å². The van der Waals surface area contributed by atoms with E-state index in [1.54, 1.807) is 6.92 Å². The molecule has 0 aliphatic heterocycles. The van der Waals surface area contributed by atoms with Crippen molar-refractivity contribution in [3.63, 3.8) is 0 Å². The van der Waals surface area contributed by atoms with E-state index in [0.29, 0.717) is 12.1 Å². The fourth-order valence-corrected chi connectivity index (χ4v) is 2.92. The molecule has 1 unspecified atom stereocenters. The van der Waals surface area contributed by atoms with E-state index >= 15 is 0 Å². The van der Waals surface area contributed by atoms with E-state index in [2.05, 4.69) is 0 Å². The van der Waals surface area contributed by atoms with E-state index in [1.165, 1.54) is 0 Å². The molecule has 0 heterocycles. The number of alkyl halides is 3. The van der Waals surface area contributed by atoms with Crippen LogP contribution < -0.4 is 0 Å². The van der Waals surface area contributed by atoms with Crippen molar-refractivity contribution in [3.05, 3.63) is 71.8 Å². The summed E-state index contributed by atoms with van der Waals surface area (Å²) in [6.45, 7) is 3.69. The van der Waals surface area contributed by atoms with Crippen LogP contribution in [0, 0.1) is 0 Å². The van der Waals surface area contributed by atoms with Gasteiger partial charge in [0, 0.05) is 17.5 Å². The molecule has 0 saturated carbocycles. The van der Waals surface area contributed by atoms with Crippen molar-refractivity contribution in [2.45, 2.75) is 64.3 Å². The Balaban J connectivity index is 2.32. The molecule has 0 fully saturated rings. The molecular weight excluding hydrogens is 391 g/mol. The summed E-state index contributed by atoms with van der Waals surface area (Å²) in [5, 5.41) is 0. The SMILES string of the molecule is CC[C@H](C)OC(=O)C(CCCCC(F)(F)F)N=C(c1ccccc1)c1ccccc1. The second-order valence-electron chi connectivity index (χ2n) is 7.24. The fourth-order valence-electron chi connectivity index (χ4n) is 2.92. The average molecular weight is 419 g/mol. The number of aliphatic imine (C=N–C) groups is 1. The lowest BCUT2D eigenvalue weighted by Crippen LogP contribution is -2.27. The zero-order chi connectivity index (χ0) is 22.0. The highest BCUT2D eigenvalue weighted by molar-refractivity contribution is 6.13. The summed E-state index contributed by atoms with van der Waals surface area (Å²) in [6, 6.07) is 18.0. The molecule has 0 radical (unpaired) electrons. The van der Waals surface area contributed by atoms with Crippen LogP contribution in [0.3, 0.4) is 0 Å². The molecule has 2 aromatic carbocycles. The fraction of sp³-hybridized carbons (Fsp3) is 0.417. The van der Waals surface area contributed by atoms with E-state index in [-0.39, 0.29) is 25.4 Å². The first-order chi connectivity index (χ1) is 14.3. The van der Waals surface area contributed by atoms with Crippen LogP contribution in [0.1, 0.15) is 57.1 Å². The number of hydrogen-bond acceptors (Lipinski definition) is 3. The molecule has 0 aliphatic carbocycles. The van der Waals surface area contributed by atoms with Crippen molar-refractivity contribution in [1.82, 2.24) is 0 Å². The van der Waals surface area contributed by atoms with Gasteiger partial charge in [0.15, 0.2) is 0 Å². The number of halogens is 3. The monoisotopic (exact) mass is 419 g/mol. The number of hydrogen-bond donors (Lipinski definition) is 0. The van der Waals surface area contributed by atoms with E-state index in [1.807, 2.05) is 67.6 Å². The molecule has 2 atom stereocenters. The number of carbonyl (C=O) groups is 1. The molecular formula is C24H28F3NO2. The van der Waals surface area contributed by atoms with Crippen LogP contribution in [0.5, 0.6) is 0 Å². The van der Waals surface area contributed by atoms with Crippen molar-refractivity contribution < 1.29 is 22.7 Å². The first kappa shape index (κ1) is 23.6. The van der Waals surface area contributed by atoms with Crippen molar-refractivity contribution in [1.29, 1.82) is 0 Å². The summed E-state index contributed by atoms with van der Waals surface area (Å²) in [4.78, 5) is 17.4. The van der Waals surface area contributed by atoms with E-state index in [9.17, 15) is 18.0 Å². The molecule has 0 aromatic heterocycles. The van der Waals surface area contributed by atoms with Crippen molar-refractivity contribution in [3.8, 4) is 0 Å². The van der Waals surface area contributed by atoms with Gasteiger partial charge < -0.3 is 4.74 Å². The second-order valence-corrected chi connectivity index (χ2v) is 7.24. The van der Waals surface area contributed by atoms with Gasteiger partial charge in [0.1, 0.15) is 6.04 Å². The molecule has 0 aliphatic rings. The third-order valence-electron chi connectivity index (χ3n) is 4.73. The molecule has 3 nitrogen and oxygen atoms in total. The number of carbonyl (C=O) groups excluding carboxylic acids is 1. The maximum atomic E-state index is 12.8. The Hall–Kier alpha value is -2.63. The molecule has 0 N–H and O–H groups in total. The largest absolute Gasteiger partial charge is 0.461 e. The van der Waals surface area contributed by atoms with Gasteiger partial charge in [-0.05, 0) is 26.2 Å². The first-order valence-electron chi connectivity index (χ1n) is 10.3. The smallest absolute Gasteiger partial charge is 0.389 e. The van der Waals surface area contributed by atoms with Crippen molar-refractivity contribution in [2.24, 2.45) is 4.99 Å². The zero-order valence-electron chi connectivity index (χ0n) is 17.4. The van der Waals surface area contributed by atoms with Crippen LogP contribution >= 0.6 is 0 Å². The van der Waals surface area contributed by atoms with Gasteiger partial charge in [-0.15, -0.1) is 0 Å². The third-order valence-corrected chi connectivity index (χ3v) is 4.73. The number of unbranched alkanes of at least 4 members (excludes halogenated alkanes) is 1. The third kappa shape index (κ3) is 8.01. The zero-order valence-corrected chi connectivity index (χ0v) is 17.4. The number of ether oxygens (including phenoxy) is 1. The second kappa shape index (κ2) is 11.5. The molecule has 2 aromatic rings. The van der Waals surface area contributed by atoms with Crippen LogP contribution in [0.15, 0.2) is 65.7 Å². The lowest BCUT2D eigenvalue weighted by Gasteiger charge is -2.18. The van der Waals surface area contributed by atoms with Crippen LogP contribution in [0.25, 0.3) is 0 Å². The van der Waals surface area contributed by atoms with E-state index < -0.39 is 24.6 Å². The number of nitrogens with zero attached hydrogens (tertiary/aromatic N) is 1. The first-order valence-corrected chi connectivity index (χ1v) is 10.3. The number of rotatable bonds is 10. The normalized spacial score (nSPS) is 13.4. The van der Waals surface area contributed by atoms with Crippen LogP contribution in [-0.4, -0.2) is 30.0 Å². The van der Waals surface area contributed by atoms with Crippen LogP contribution in [0.4, 0.5) is 13.2 Å². The standard InChI is InChI=1S/C24H28F3NO2/c1-3-18(2)30-23(29)21(16-10-11-17-24(25,26)27)28-22(19-12-6-4-7-13-19)20-14-8-5-9-15-20/h4-9,12-15,18,21H,3,10-11,16-17H2,1-2H3/t18-,21?/m0/s1. The van der Waals surface area contributed by atoms with Crippen LogP contribution in [-0.2, 0) is 9.53 Å². The highest BCUT2D eigenvalue weighted by Gasteiger charge is 2.27. The molecule has 6 heteroatoms. The molecule has 2 rings (SSSR count). The Morgan fingerprint density at radius 1 is 0.967 bits per heavy atom. The quantitative estimate of drug-likeness (QED) is 0.255. The minimum Gasteiger partial charge on any atom is -0.461 e. The number of benzene rings is 2. The van der Waals surface area contributed by atoms with Gasteiger partial charge >= 0.3 is 12.1 Å². The van der Waals surface area contributed by atoms with Crippen molar-refractivity contribution >= 4 is 11.7 Å². The summed E-state index contributed by atoms with van der Waals surface area (Å²) in [7, 11) is 0. The average Bonchev–Trinajstić information content (AvgIpc) is 2.73. The predicted octanol–water partition coefficient (Wildman–Crippen LogP) is 6.36. The summed E-state index contributed by atoms with van der Waals surface area (Å²) in [5.41, 5.74) is 2.29. The summed E-state index contributed by atoms with van der Waals surface area (Å²) >= 11 is 0. The molecule has 162 valence electrons. The number of esters is 1. The van der Waals surface area contributed by atoms with Gasteiger partial charge in [0.2, 0.25) is 0 Å². The Morgan fingerprint density at radius 3 is 1.97 bits per heavy atom. The summed E-state index contributed by atoms with van der Waals surface area (Å²) < 4.78 is 42.9. The molecule has 0 spiro atoms. The lowest BCUT2D eigenvalue weighted by atomic mass is 10.0. The van der Waals surface area contributed by atoms with Gasteiger partial charge in [-0.3, -0.25) is 4.99 Å². The predicted molar refractivity (Wildman–Crippen MR) is 113 cm³/mol. The van der Waals surface area contributed by atoms with Crippen molar-refractivity contribution in [2.75, 3.05) is 0 Å².